The van der Waals surface area contributed by atoms with Crippen LogP contribution >= 0.6 is 0 Å². The van der Waals surface area contributed by atoms with Gasteiger partial charge in [0.1, 0.15) is 11.6 Å². The van der Waals surface area contributed by atoms with E-state index in [9.17, 15) is 14.0 Å². The number of amides is 2. The predicted molar refractivity (Wildman–Crippen MR) is 121 cm³/mol. The van der Waals surface area contributed by atoms with Crippen molar-refractivity contribution in [2.24, 2.45) is 5.92 Å². The summed E-state index contributed by atoms with van der Waals surface area (Å²) in [7, 11) is 0. The fourth-order valence-corrected chi connectivity index (χ4v) is 4.34. The zero-order chi connectivity index (χ0) is 22.8. The molecule has 2 atom stereocenters. The van der Waals surface area contributed by atoms with Crippen molar-refractivity contribution in [2.45, 2.75) is 64.6 Å². The van der Waals surface area contributed by atoms with Crippen LogP contribution in [0.4, 0.5) is 4.39 Å². The van der Waals surface area contributed by atoms with E-state index in [1.807, 2.05) is 43.9 Å². The van der Waals surface area contributed by atoms with Crippen LogP contribution in [0.5, 0.6) is 5.75 Å². The molecule has 4 rings (SSSR count). The first-order chi connectivity index (χ1) is 15.4. The maximum atomic E-state index is 13.6. The van der Waals surface area contributed by atoms with E-state index < -0.39 is 6.10 Å². The largest absolute Gasteiger partial charge is 0.481 e. The fourth-order valence-electron chi connectivity index (χ4n) is 4.34. The molecule has 0 spiro atoms. The number of fused-ring (bicyclic) bond motifs is 1. The predicted octanol–water partition coefficient (Wildman–Crippen LogP) is 4.39. The number of nitrogens with zero attached hydrogens (tertiary/aromatic N) is 1. The molecular formula is C26H31FN2O3. The highest BCUT2D eigenvalue weighted by Crippen LogP contribution is 2.41. The number of carbonyl (C=O) groups is 2. The van der Waals surface area contributed by atoms with Gasteiger partial charge in [0, 0.05) is 18.5 Å². The minimum atomic E-state index is -0.590. The van der Waals surface area contributed by atoms with Crippen LogP contribution in [0, 0.1) is 11.7 Å². The lowest BCUT2D eigenvalue weighted by Crippen LogP contribution is -2.42. The first-order valence-corrected chi connectivity index (χ1v) is 11.5. The van der Waals surface area contributed by atoms with E-state index in [1.165, 1.54) is 12.1 Å². The Morgan fingerprint density at radius 2 is 1.88 bits per heavy atom. The molecule has 0 unspecified atom stereocenters. The molecule has 0 radical (unpaired) electrons. The first kappa shape index (κ1) is 22.3. The number of rotatable bonds is 7. The quantitative estimate of drug-likeness (QED) is 0.698. The van der Waals surface area contributed by atoms with Crippen molar-refractivity contribution in [3.63, 3.8) is 0 Å². The van der Waals surface area contributed by atoms with Gasteiger partial charge in [0.25, 0.3) is 5.91 Å². The maximum absolute atomic E-state index is 13.6. The van der Waals surface area contributed by atoms with Gasteiger partial charge in [-0.3, -0.25) is 9.59 Å². The second-order valence-corrected chi connectivity index (χ2v) is 9.05. The highest BCUT2D eigenvalue weighted by molar-refractivity contribution is 5.82. The summed E-state index contributed by atoms with van der Waals surface area (Å²) in [6.07, 6.45) is 2.59. The third-order valence-electron chi connectivity index (χ3n) is 6.11. The molecule has 2 amide bonds. The summed E-state index contributed by atoms with van der Waals surface area (Å²) in [6.45, 7) is 6.39. The second-order valence-electron chi connectivity index (χ2n) is 9.05. The summed E-state index contributed by atoms with van der Waals surface area (Å²) in [6, 6.07) is 12.0. The number of halogens is 1. The van der Waals surface area contributed by atoms with Crippen molar-refractivity contribution in [3.8, 4) is 5.75 Å². The standard InChI is InChI=1S/C26H31FN2O3/c1-4-23(25(30)28-16(2)3)32-21-12-9-17-13-14-29(26(31)19-5-6-19)24(22(17)15-21)18-7-10-20(27)11-8-18/h7-12,15-16,19,23-24H,4-6,13-14H2,1-3H3,(H,28,30)/t23-,24-/m0/s1. The molecule has 170 valence electrons. The summed E-state index contributed by atoms with van der Waals surface area (Å²) < 4.78 is 19.7. The number of benzene rings is 2. The number of nitrogens with one attached hydrogen (secondary N) is 1. The van der Waals surface area contributed by atoms with Crippen LogP contribution in [0.3, 0.4) is 0 Å². The van der Waals surface area contributed by atoms with Crippen molar-refractivity contribution >= 4 is 11.8 Å². The topological polar surface area (TPSA) is 58.6 Å². The summed E-state index contributed by atoms with van der Waals surface area (Å²) in [5.74, 6) is 0.425. The Hall–Kier alpha value is -2.89. The molecule has 1 aliphatic heterocycles. The van der Waals surface area contributed by atoms with Crippen LogP contribution in [-0.4, -0.2) is 35.4 Å². The van der Waals surface area contributed by atoms with Gasteiger partial charge in [0.05, 0.1) is 6.04 Å². The van der Waals surface area contributed by atoms with E-state index in [1.54, 1.807) is 12.1 Å². The average molecular weight is 439 g/mol. The minimum absolute atomic E-state index is 0.0357. The third kappa shape index (κ3) is 4.79. The summed E-state index contributed by atoms with van der Waals surface area (Å²) in [5, 5.41) is 2.91. The van der Waals surface area contributed by atoms with Crippen molar-refractivity contribution in [2.75, 3.05) is 6.54 Å². The van der Waals surface area contributed by atoms with Gasteiger partial charge in [-0.25, -0.2) is 4.39 Å². The molecule has 0 saturated heterocycles. The molecule has 1 heterocycles. The Morgan fingerprint density at radius 3 is 2.50 bits per heavy atom. The Morgan fingerprint density at radius 1 is 1.16 bits per heavy atom. The Balaban J connectivity index is 1.67. The number of hydrogen-bond acceptors (Lipinski definition) is 3. The van der Waals surface area contributed by atoms with Crippen molar-refractivity contribution in [1.29, 1.82) is 0 Å². The minimum Gasteiger partial charge on any atom is -0.481 e. The van der Waals surface area contributed by atoms with E-state index >= 15 is 0 Å². The lowest BCUT2D eigenvalue weighted by molar-refractivity contribution is -0.134. The SMILES string of the molecule is CC[C@H](Oc1ccc2c(c1)[C@H](c1ccc(F)cc1)N(C(=O)C1CC1)CC2)C(=O)NC(C)C. The normalized spacial score (nSPS) is 18.8. The lowest BCUT2D eigenvalue weighted by Gasteiger charge is -2.38. The molecule has 1 N–H and O–H groups in total. The molecular weight excluding hydrogens is 407 g/mol. The van der Waals surface area contributed by atoms with Crippen LogP contribution in [0.25, 0.3) is 0 Å². The Labute approximate surface area is 188 Å². The highest BCUT2D eigenvalue weighted by atomic mass is 19.1. The molecule has 2 aromatic carbocycles. The maximum Gasteiger partial charge on any atom is 0.261 e. The first-order valence-electron chi connectivity index (χ1n) is 11.5. The smallest absolute Gasteiger partial charge is 0.261 e. The molecule has 0 aromatic heterocycles. The van der Waals surface area contributed by atoms with Crippen molar-refractivity contribution in [3.05, 3.63) is 65.0 Å². The van der Waals surface area contributed by atoms with Crippen LogP contribution in [0.2, 0.25) is 0 Å². The molecule has 1 aliphatic carbocycles. The third-order valence-corrected chi connectivity index (χ3v) is 6.11. The zero-order valence-electron chi connectivity index (χ0n) is 18.9. The fraction of sp³-hybridized carbons (Fsp3) is 0.462. The Kier molecular flexibility index (Phi) is 6.49. The van der Waals surface area contributed by atoms with E-state index in [0.717, 1.165) is 36.0 Å². The summed E-state index contributed by atoms with van der Waals surface area (Å²) in [5.41, 5.74) is 3.00. The van der Waals surface area contributed by atoms with Crippen molar-refractivity contribution < 1.29 is 18.7 Å². The van der Waals surface area contributed by atoms with E-state index in [4.69, 9.17) is 4.74 Å². The molecule has 1 fully saturated rings. The van der Waals surface area contributed by atoms with Crippen molar-refractivity contribution in [1.82, 2.24) is 10.2 Å². The number of carbonyl (C=O) groups excluding carboxylic acids is 2. The van der Waals surface area contributed by atoms with Gasteiger partial charge < -0.3 is 15.0 Å². The molecule has 2 aromatic rings. The van der Waals surface area contributed by atoms with Gasteiger partial charge in [-0.2, -0.15) is 0 Å². The molecule has 32 heavy (non-hydrogen) atoms. The number of ether oxygens (including phenoxy) is 1. The molecule has 1 saturated carbocycles. The average Bonchev–Trinajstić information content (AvgIpc) is 3.61. The van der Waals surface area contributed by atoms with Gasteiger partial charge in [-0.15, -0.1) is 0 Å². The summed E-state index contributed by atoms with van der Waals surface area (Å²) >= 11 is 0. The van der Waals surface area contributed by atoms with E-state index in [2.05, 4.69) is 5.32 Å². The monoisotopic (exact) mass is 438 g/mol. The Bertz CT molecular complexity index is 985. The van der Waals surface area contributed by atoms with Gasteiger partial charge in [0.2, 0.25) is 5.91 Å². The van der Waals surface area contributed by atoms with Gasteiger partial charge in [-0.05, 0) is 80.5 Å². The van der Waals surface area contributed by atoms with Gasteiger partial charge in [-0.1, -0.05) is 25.1 Å². The van der Waals surface area contributed by atoms with Crippen LogP contribution in [0.1, 0.15) is 62.8 Å². The molecule has 0 bridgehead atoms. The van der Waals surface area contributed by atoms with E-state index in [-0.39, 0.29) is 35.6 Å². The number of hydrogen-bond donors (Lipinski definition) is 1. The lowest BCUT2D eigenvalue weighted by atomic mass is 9.87. The van der Waals surface area contributed by atoms with Crippen LogP contribution < -0.4 is 10.1 Å². The van der Waals surface area contributed by atoms with Crippen LogP contribution in [0.15, 0.2) is 42.5 Å². The highest BCUT2D eigenvalue weighted by Gasteiger charge is 2.39. The second kappa shape index (κ2) is 9.31. The molecule has 2 aliphatic rings. The molecule has 5 nitrogen and oxygen atoms in total. The summed E-state index contributed by atoms with van der Waals surface area (Å²) in [4.78, 5) is 27.5. The van der Waals surface area contributed by atoms with Gasteiger partial charge >= 0.3 is 0 Å². The van der Waals surface area contributed by atoms with Crippen LogP contribution in [-0.2, 0) is 16.0 Å². The van der Waals surface area contributed by atoms with E-state index in [0.29, 0.717) is 18.7 Å². The van der Waals surface area contributed by atoms with Gasteiger partial charge in [0.15, 0.2) is 6.10 Å². The molecule has 6 heteroatoms. The zero-order valence-corrected chi connectivity index (χ0v) is 18.9.